The molecule has 1 aromatic rings. The normalized spacial score (nSPS) is 22.8. The summed E-state index contributed by atoms with van der Waals surface area (Å²) in [6.45, 7) is 4.15. The first kappa shape index (κ1) is 13.9. The van der Waals surface area contributed by atoms with Crippen molar-refractivity contribution in [2.75, 3.05) is 19.7 Å². The van der Waals surface area contributed by atoms with E-state index in [1.165, 1.54) is 0 Å². The molecule has 1 fully saturated rings. The molecule has 104 valence electrons. The minimum Gasteiger partial charge on any atom is -0.492 e. The molecule has 0 bridgehead atoms. The van der Waals surface area contributed by atoms with E-state index in [4.69, 9.17) is 4.74 Å². The fraction of sp³-hybridized carbons (Fsp3) is 0.533. The predicted octanol–water partition coefficient (Wildman–Crippen LogP) is 1.57. The van der Waals surface area contributed by atoms with E-state index in [0.717, 1.165) is 25.1 Å². The highest BCUT2D eigenvalue weighted by atomic mass is 16.5. The van der Waals surface area contributed by atoms with Gasteiger partial charge in [0.05, 0.1) is 12.5 Å². The van der Waals surface area contributed by atoms with Crippen molar-refractivity contribution < 1.29 is 9.53 Å². The Hall–Kier alpha value is -1.55. The largest absolute Gasteiger partial charge is 0.492 e. The second kappa shape index (κ2) is 7.14. The monoisotopic (exact) mass is 262 g/mol. The van der Waals surface area contributed by atoms with Gasteiger partial charge in [0.1, 0.15) is 12.4 Å². The Balaban J connectivity index is 1.66. The third kappa shape index (κ3) is 4.24. The molecule has 2 N–H and O–H groups in total. The number of amides is 1. The number of nitrogens with one attached hydrogen (secondary N) is 2. The minimum atomic E-state index is 0.0884. The number of carbonyl (C=O) groups is 1. The maximum atomic E-state index is 12.0. The summed E-state index contributed by atoms with van der Waals surface area (Å²) in [6, 6.07) is 9.91. The van der Waals surface area contributed by atoms with Crippen LogP contribution in [-0.4, -0.2) is 31.6 Å². The summed E-state index contributed by atoms with van der Waals surface area (Å²) in [6.07, 6.45) is 2.04. The molecule has 4 heteroatoms. The zero-order valence-electron chi connectivity index (χ0n) is 11.4. The molecule has 2 unspecified atom stereocenters. The molecule has 1 aliphatic heterocycles. The van der Waals surface area contributed by atoms with Crippen molar-refractivity contribution >= 4 is 5.91 Å². The lowest BCUT2D eigenvalue weighted by Gasteiger charge is -2.28. The average molecular weight is 262 g/mol. The van der Waals surface area contributed by atoms with Crippen LogP contribution in [0.15, 0.2) is 30.3 Å². The van der Waals surface area contributed by atoms with E-state index in [9.17, 15) is 4.79 Å². The maximum absolute atomic E-state index is 12.0. The molecule has 2 rings (SSSR count). The summed E-state index contributed by atoms with van der Waals surface area (Å²) in [5.74, 6) is 1.06. The van der Waals surface area contributed by atoms with Crippen LogP contribution in [-0.2, 0) is 4.79 Å². The van der Waals surface area contributed by atoms with Crippen LogP contribution >= 0.6 is 0 Å². The van der Waals surface area contributed by atoms with E-state index in [2.05, 4.69) is 17.6 Å². The van der Waals surface area contributed by atoms with Gasteiger partial charge < -0.3 is 15.4 Å². The summed E-state index contributed by atoms with van der Waals surface area (Å²) in [4.78, 5) is 12.0. The molecular weight excluding hydrogens is 240 g/mol. The van der Waals surface area contributed by atoms with Crippen LogP contribution in [0.25, 0.3) is 0 Å². The SMILES string of the molecule is CC1NCCCC1C(=O)NCCOc1ccccc1. The Morgan fingerprint density at radius 2 is 2.21 bits per heavy atom. The highest BCUT2D eigenvalue weighted by Gasteiger charge is 2.26. The molecule has 2 atom stereocenters. The molecular formula is C15H22N2O2. The number of para-hydroxylation sites is 1. The Kier molecular flexibility index (Phi) is 5.21. The number of ether oxygens (including phenoxy) is 1. The molecule has 0 saturated carbocycles. The topological polar surface area (TPSA) is 50.4 Å². The van der Waals surface area contributed by atoms with Gasteiger partial charge in [-0.2, -0.15) is 0 Å². The molecule has 1 aromatic carbocycles. The van der Waals surface area contributed by atoms with E-state index in [1.807, 2.05) is 30.3 Å². The smallest absolute Gasteiger partial charge is 0.224 e. The maximum Gasteiger partial charge on any atom is 0.224 e. The first-order chi connectivity index (χ1) is 9.27. The molecule has 0 radical (unpaired) electrons. The van der Waals surface area contributed by atoms with Gasteiger partial charge in [0.2, 0.25) is 5.91 Å². The van der Waals surface area contributed by atoms with Crippen molar-refractivity contribution in [3.05, 3.63) is 30.3 Å². The van der Waals surface area contributed by atoms with Gasteiger partial charge in [-0.3, -0.25) is 4.79 Å². The molecule has 4 nitrogen and oxygen atoms in total. The van der Waals surface area contributed by atoms with Gasteiger partial charge in [-0.1, -0.05) is 18.2 Å². The minimum absolute atomic E-state index is 0.0884. The van der Waals surface area contributed by atoms with Crippen molar-refractivity contribution in [1.82, 2.24) is 10.6 Å². The summed E-state index contributed by atoms with van der Waals surface area (Å²) in [5.41, 5.74) is 0. The lowest BCUT2D eigenvalue weighted by Crippen LogP contribution is -2.47. The molecule has 19 heavy (non-hydrogen) atoms. The van der Waals surface area contributed by atoms with Crippen LogP contribution in [0.3, 0.4) is 0 Å². The van der Waals surface area contributed by atoms with Gasteiger partial charge in [-0.25, -0.2) is 0 Å². The first-order valence-corrected chi connectivity index (χ1v) is 6.96. The average Bonchev–Trinajstić information content (AvgIpc) is 2.45. The van der Waals surface area contributed by atoms with Gasteiger partial charge in [0, 0.05) is 6.04 Å². The van der Waals surface area contributed by atoms with Crippen LogP contribution in [0.1, 0.15) is 19.8 Å². The lowest BCUT2D eigenvalue weighted by atomic mass is 9.91. The number of carbonyl (C=O) groups excluding carboxylic acids is 1. The van der Waals surface area contributed by atoms with E-state index < -0.39 is 0 Å². The first-order valence-electron chi connectivity index (χ1n) is 6.96. The van der Waals surface area contributed by atoms with Gasteiger partial charge in [0.15, 0.2) is 0 Å². The van der Waals surface area contributed by atoms with Gasteiger partial charge in [-0.15, -0.1) is 0 Å². The summed E-state index contributed by atoms with van der Waals surface area (Å²) < 4.78 is 5.54. The third-order valence-corrected chi connectivity index (χ3v) is 3.51. The summed E-state index contributed by atoms with van der Waals surface area (Å²) in [5, 5.41) is 6.29. The molecule has 1 saturated heterocycles. The Morgan fingerprint density at radius 3 is 2.95 bits per heavy atom. The Labute approximate surface area is 114 Å². The third-order valence-electron chi connectivity index (χ3n) is 3.51. The van der Waals surface area contributed by atoms with E-state index in [-0.39, 0.29) is 17.9 Å². The van der Waals surface area contributed by atoms with Gasteiger partial charge >= 0.3 is 0 Å². The highest BCUT2D eigenvalue weighted by Crippen LogP contribution is 2.16. The number of hydrogen-bond acceptors (Lipinski definition) is 3. The van der Waals surface area contributed by atoms with Crippen molar-refractivity contribution in [1.29, 1.82) is 0 Å². The van der Waals surface area contributed by atoms with Crippen LogP contribution in [0, 0.1) is 5.92 Å². The van der Waals surface area contributed by atoms with Gasteiger partial charge in [-0.05, 0) is 38.4 Å². The summed E-state index contributed by atoms with van der Waals surface area (Å²) >= 11 is 0. The van der Waals surface area contributed by atoms with Crippen molar-refractivity contribution in [3.63, 3.8) is 0 Å². The Morgan fingerprint density at radius 1 is 1.42 bits per heavy atom. The zero-order chi connectivity index (χ0) is 13.5. The molecule has 1 aliphatic rings. The number of rotatable bonds is 5. The highest BCUT2D eigenvalue weighted by molar-refractivity contribution is 5.79. The van der Waals surface area contributed by atoms with E-state index in [0.29, 0.717) is 13.2 Å². The quantitative estimate of drug-likeness (QED) is 0.792. The second-order valence-corrected chi connectivity index (χ2v) is 4.94. The molecule has 1 heterocycles. The predicted molar refractivity (Wildman–Crippen MR) is 75.1 cm³/mol. The van der Waals surface area contributed by atoms with Crippen LogP contribution in [0.2, 0.25) is 0 Å². The number of piperidine rings is 1. The molecule has 1 amide bonds. The van der Waals surface area contributed by atoms with Crippen LogP contribution < -0.4 is 15.4 Å². The van der Waals surface area contributed by atoms with Crippen LogP contribution in [0.5, 0.6) is 5.75 Å². The fourth-order valence-corrected chi connectivity index (χ4v) is 2.39. The molecule has 0 spiro atoms. The van der Waals surface area contributed by atoms with Crippen LogP contribution in [0.4, 0.5) is 0 Å². The van der Waals surface area contributed by atoms with Gasteiger partial charge in [0.25, 0.3) is 0 Å². The number of hydrogen-bond donors (Lipinski definition) is 2. The standard InChI is InChI=1S/C15H22N2O2/c1-12-14(8-5-9-16-12)15(18)17-10-11-19-13-6-3-2-4-7-13/h2-4,6-7,12,14,16H,5,8-11H2,1H3,(H,17,18). The van der Waals surface area contributed by atoms with E-state index in [1.54, 1.807) is 0 Å². The zero-order valence-corrected chi connectivity index (χ0v) is 11.4. The molecule has 0 aromatic heterocycles. The number of benzene rings is 1. The Bertz CT molecular complexity index is 394. The summed E-state index contributed by atoms with van der Waals surface area (Å²) in [7, 11) is 0. The fourth-order valence-electron chi connectivity index (χ4n) is 2.39. The second-order valence-electron chi connectivity index (χ2n) is 4.94. The van der Waals surface area contributed by atoms with E-state index >= 15 is 0 Å². The molecule has 0 aliphatic carbocycles. The lowest BCUT2D eigenvalue weighted by molar-refractivity contribution is -0.126. The van der Waals surface area contributed by atoms with Crippen molar-refractivity contribution in [2.24, 2.45) is 5.92 Å². The van der Waals surface area contributed by atoms with Crippen molar-refractivity contribution in [3.8, 4) is 5.75 Å². The van der Waals surface area contributed by atoms with Crippen molar-refractivity contribution in [2.45, 2.75) is 25.8 Å².